The van der Waals surface area contributed by atoms with E-state index in [1.54, 1.807) is 0 Å². The van der Waals surface area contributed by atoms with Gasteiger partial charge in [0.25, 0.3) is 0 Å². The standard InChI is InChI=1S/C14H24F3NS/c1-13(2)7-8-19-9-12(13)18-11-6-4-3-5-10(11)14(15,16)17/h10-12,18H,3-9H2,1-2H3. The van der Waals surface area contributed by atoms with Crippen LogP contribution in [0.2, 0.25) is 0 Å². The minimum Gasteiger partial charge on any atom is -0.309 e. The zero-order chi connectivity index (χ0) is 14.1. The Morgan fingerprint density at radius 1 is 1.16 bits per heavy atom. The molecule has 1 heterocycles. The van der Waals surface area contributed by atoms with Crippen LogP contribution in [0, 0.1) is 11.3 Å². The zero-order valence-corrected chi connectivity index (χ0v) is 12.5. The fraction of sp³-hybridized carbons (Fsp3) is 1.00. The molecule has 112 valence electrons. The Labute approximate surface area is 118 Å². The summed E-state index contributed by atoms with van der Waals surface area (Å²) in [4.78, 5) is 0. The van der Waals surface area contributed by atoms with E-state index in [1.165, 1.54) is 0 Å². The van der Waals surface area contributed by atoms with Crippen molar-refractivity contribution in [2.75, 3.05) is 11.5 Å². The number of halogens is 3. The molecule has 3 unspecified atom stereocenters. The number of nitrogens with one attached hydrogen (secondary N) is 1. The number of thioether (sulfide) groups is 1. The Morgan fingerprint density at radius 3 is 2.47 bits per heavy atom. The van der Waals surface area contributed by atoms with E-state index >= 15 is 0 Å². The van der Waals surface area contributed by atoms with E-state index in [0.717, 1.165) is 24.3 Å². The van der Waals surface area contributed by atoms with Crippen molar-refractivity contribution in [1.29, 1.82) is 0 Å². The van der Waals surface area contributed by atoms with Crippen LogP contribution < -0.4 is 5.32 Å². The quantitative estimate of drug-likeness (QED) is 0.818. The van der Waals surface area contributed by atoms with Crippen LogP contribution in [-0.4, -0.2) is 29.8 Å². The maximum Gasteiger partial charge on any atom is 0.393 e. The maximum absolute atomic E-state index is 13.1. The predicted octanol–water partition coefficient (Wildman–Crippen LogP) is 4.23. The highest BCUT2D eigenvalue weighted by molar-refractivity contribution is 7.99. The lowest BCUT2D eigenvalue weighted by molar-refractivity contribution is -0.190. The summed E-state index contributed by atoms with van der Waals surface area (Å²) < 4.78 is 39.3. The molecule has 1 saturated carbocycles. The molecule has 0 radical (unpaired) electrons. The van der Waals surface area contributed by atoms with E-state index in [9.17, 15) is 13.2 Å². The molecule has 0 aromatic rings. The topological polar surface area (TPSA) is 12.0 Å². The Morgan fingerprint density at radius 2 is 1.84 bits per heavy atom. The van der Waals surface area contributed by atoms with E-state index in [2.05, 4.69) is 19.2 Å². The number of hydrogen-bond donors (Lipinski definition) is 1. The van der Waals surface area contributed by atoms with Gasteiger partial charge in [-0.05, 0) is 30.4 Å². The first-order chi connectivity index (χ1) is 8.81. The van der Waals surface area contributed by atoms with Crippen molar-refractivity contribution in [3.05, 3.63) is 0 Å². The third-order valence-corrected chi connectivity index (χ3v) is 5.78. The molecule has 0 spiro atoms. The molecular formula is C14H24F3NS. The second-order valence-corrected chi connectivity index (χ2v) is 7.72. The smallest absolute Gasteiger partial charge is 0.309 e. The van der Waals surface area contributed by atoms with E-state index in [1.807, 2.05) is 11.8 Å². The highest BCUT2D eigenvalue weighted by atomic mass is 32.2. The van der Waals surface area contributed by atoms with E-state index < -0.39 is 12.1 Å². The van der Waals surface area contributed by atoms with Crippen molar-refractivity contribution in [1.82, 2.24) is 5.32 Å². The Bertz CT molecular complexity index is 304. The van der Waals surface area contributed by atoms with Gasteiger partial charge in [-0.1, -0.05) is 26.7 Å². The molecule has 0 amide bonds. The van der Waals surface area contributed by atoms with E-state index in [0.29, 0.717) is 19.3 Å². The Balaban J connectivity index is 2.03. The van der Waals surface area contributed by atoms with Gasteiger partial charge in [0, 0.05) is 17.8 Å². The highest BCUT2D eigenvalue weighted by Crippen LogP contribution is 2.40. The number of alkyl halides is 3. The first-order valence-corrected chi connectivity index (χ1v) is 8.37. The summed E-state index contributed by atoms with van der Waals surface area (Å²) >= 11 is 1.86. The number of rotatable bonds is 2. The molecule has 1 saturated heterocycles. The molecule has 1 nitrogen and oxygen atoms in total. The Kier molecular flexibility index (Phi) is 4.76. The molecule has 1 N–H and O–H groups in total. The summed E-state index contributed by atoms with van der Waals surface area (Å²) in [5.41, 5.74) is 0.110. The van der Waals surface area contributed by atoms with Crippen LogP contribution in [0.3, 0.4) is 0 Å². The van der Waals surface area contributed by atoms with Gasteiger partial charge in [-0.25, -0.2) is 0 Å². The molecule has 0 aromatic heterocycles. The van der Waals surface area contributed by atoms with Gasteiger partial charge >= 0.3 is 6.18 Å². The van der Waals surface area contributed by atoms with Gasteiger partial charge in [0.05, 0.1) is 5.92 Å². The monoisotopic (exact) mass is 295 g/mol. The second-order valence-electron chi connectivity index (χ2n) is 6.57. The van der Waals surface area contributed by atoms with Gasteiger partial charge in [0.2, 0.25) is 0 Å². The summed E-state index contributed by atoms with van der Waals surface area (Å²) in [6.45, 7) is 4.35. The fourth-order valence-electron chi connectivity index (χ4n) is 3.19. The molecular weight excluding hydrogens is 271 g/mol. The summed E-state index contributed by atoms with van der Waals surface area (Å²) in [7, 11) is 0. The molecule has 5 heteroatoms. The van der Waals surface area contributed by atoms with Crippen LogP contribution in [0.25, 0.3) is 0 Å². The van der Waals surface area contributed by atoms with Crippen molar-refractivity contribution in [3.63, 3.8) is 0 Å². The predicted molar refractivity (Wildman–Crippen MR) is 74.4 cm³/mol. The fourth-order valence-corrected chi connectivity index (χ4v) is 4.81. The van der Waals surface area contributed by atoms with Crippen LogP contribution in [-0.2, 0) is 0 Å². The molecule has 1 aliphatic heterocycles. The lowest BCUT2D eigenvalue weighted by Gasteiger charge is -2.44. The third kappa shape index (κ3) is 3.81. The maximum atomic E-state index is 13.1. The normalized spacial score (nSPS) is 36.2. The summed E-state index contributed by atoms with van der Waals surface area (Å²) in [6, 6.07) is -0.170. The van der Waals surface area contributed by atoms with Gasteiger partial charge in [0.1, 0.15) is 0 Å². The van der Waals surface area contributed by atoms with E-state index in [4.69, 9.17) is 0 Å². The minimum absolute atomic E-state index is 0.110. The largest absolute Gasteiger partial charge is 0.393 e. The molecule has 1 aliphatic carbocycles. The molecule has 19 heavy (non-hydrogen) atoms. The van der Waals surface area contributed by atoms with Crippen molar-refractivity contribution in [3.8, 4) is 0 Å². The molecule has 0 bridgehead atoms. The number of hydrogen-bond acceptors (Lipinski definition) is 2. The van der Waals surface area contributed by atoms with Crippen LogP contribution >= 0.6 is 11.8 Å². The van der Waals surface area contributed by atoms with Crippen LogP contribution in [0.5, 0.6) is 0 Å². The lowest BCUT2D eigenvalue weighted by Crippen LogP contribution is -2.55. The summed E-state index contributed by atoms with van der Waals surface area (Å²) in [5.74, 6) is 0.913. The van der Waals surface area contributed by atoms with Gasteiger partial charge in [-0.15, -0.1) is 0 Å². The van der Waals surface area contributed by atoms with Crippen LogP contribution in [0.1, 0.15) is 46.0 Å². The third-order valence-electron chi connectivity index (χ3n) is 4.72. The van der Waals surface area contributed by atoms with Gasteiger partial charge < -0.3 is 5.32 Å². The Hall–Kier alpha value is 0.100. The summed E-state index contributed by atoms with van der Waals surface area (Å²) in [6.07, 6.45) is -0.374. The van der Waals surface area contributed by atoms with Crippen molar-refractivity contribution >= 4 is 11.8 Å². The molecule has 0 aromatic carbocycles. The second kappa shape index (κ2) is 5.84. The summed E-state index contributed by atoms with van der Waals surface area (Å²) in [5, 5.41) is 3.36. The first-order valence-electron chi connectivity index (χ1n) is 7.21. The van der Waals surface area contributed by atoms with Gasteiger partial charge in [0.15, 0.2) is 0 Å². The van der Waals surface area contributed by atoms with Crippen molar-refractivity contribution < 1.29 is 13.2 Å². The first kappa shape index (κ1) is 15.5. The molecule has 2 rings (SSSR count). The lowest BCUT2D eigenvalue weighted by atomic mass is 9.79. The van der Waals surface area contributed by atoms with Crippen LogP contribution in [0.15, 0.2) is 0 Å². The van der Waals surface area contributed by atoms with Gasteiger partial charge in [-0.2, -0.15) is 24.9 Å². The highest BCUT2D eigenvalue weighted by Gasteiger charge is 2.47. The minimum atomic E-state index is -4.05. The van der Waals surface area contributed by atoms with E-state index in [-0.39, 0.29) is 17.5 Å². The SMILES string of the molecule is CC1(C)CCSCC1NC1CCCCC1C(F)(F)F. The van der Waals surface area contributed by atoms with Crippen molar-refractivity contribution in [2.24, 2.45) is 11.3 Å². The molecule has 2 fully saturated rings. The van der Waals surface area contributed by atoms with Gasteiger partial charge in [-0.3, -0.25) is 0 Å². The molecule has 3 atom stereocenters. The average molecular weight is 295 g/mol. The van der Waals surface area contributed by atoms with Crippen molar-refractivity contribution in [2.45, 2.75) is 64.2 Å². The average Bonchev–Trinajstić information content (AvgIpc) is 2.31. The zero-order valence-electron chi connectivity index (χ0n) is 11.7. The molecule has 2 aliphatic rings. The van der Waals surface area contributed by atoms with Crippen LogP contribution in [0.4, 0.5) is 13.2 Å².